The Kier molecular flexibility index (Phi) is 4.60. The lowest BCUT2D eigenvalue weighted by Gasteiger charge is -2.35. The highest BCUT2D eigenvalue weighted by Gasteiger charge is 2.32. The lowest BCUT2D eigenvalue weighted by atomic mass is 10.1. The Labute approximate surface area is 164 Å². The number of amidine groups is 2. The molecule has 0 spiro atoms. The average molecular weight is 397 g/mol. The van der Waals surface area contributed by atoms with Gasteiger partial charge in [-0.15, -0.1) is 0 Å². The normalized spacial score (nSPS) is 16.8. The van der Waals surface area contributed by atoms with Crippen LogP contribution in [-0.4, -0.2) is 56.4 Å². The standard InChI is InChI=1S/C18H16FN7OS/c19-13-7-11(3-4-12(13)8-20)18(27)25-5-6-26(14(21)9-25)15(22)17-23-16(24-28-17)10-1-2-10/h3-4,7,10,21-22H,1-2,5-6,9H2. The van der Waals surface area contributed by atoms with Crippen molar-refractivity contribution in [3.8, 4) is 6.07 Å². The van der Waals surface area contributed by atoms with Crippen molar-refractivity contribution < 1.29 is 9.18 Å². The monoisotopic (exact) mass is 397 g/mol. The van der Waals surface area contributed by atoms with Gasteiger partial charge in [-0.3, -0.25) is 15.6 Å². The molecule has 10 heteroatoms. The molecule has 0 radical (unpaired) electrons. The summed E-state index contributed by atoms with van der Waals surface area (Å²) in [4.78, 5) is 20.0. The van der Waals surface area contributed by atoms with Crippen molar-refractivity contribution in [1.29, 1.82) is 16.1 Å². The maximum atomic E-state index is 13.8. The first kappa shape index (κ1) is 18.2. The molecule has 28 heavy (non-hydrogen) atoms. The van der Waals surface area contributed by atoms with Crippen LogP contribution >= 0.6 is 11.5 Å². The van der Waals surface area contributed by atoms with Crippen molar-refractivity contribution in [3.63, 3.8) is 0 Å². The highest BCUT2D eigenvalue weighted by molar-refractivity contribution is 7.07. The van der Waals surface area contributed by atoms with Gasteiger partial charge in [0.05, 0.1) is 12.1 Å². The highest BCUT2D eigenvalue weighted by atomic mass is 32.1. The van der Waals surface area contributed by atoms with Crippen LogP contribution in [0.15, 0.2) is 18.2 Å². The van der Waals surface area contributed by atoms with E-state index in [2.05, 4.69) is 9.36 Å². The molecule has 2 aromatic rings. The Morgan fingerprint density at radius 1 is 1.36 bits per heavy atom. The van der Waals surface area contributed by atoms with Crippen LogP contribution in [0.2, 0.25) is 0 Å². The number of nitrogens with zero attached hydrogens (tertiary/aromatic N) is 5. The zero-order valence-corrected chi connectivity index (χ0v) is 15.6. The van der Waals surface area contributed by atoms with Crippen LogP contribution in [0.25, 0.3) is 0 Å². The van der Waals surface area contributed by atoms with Gasteiger partial charge >= 0.3 is 0 Å². The van der Waals surface area contributed by atoms with Gasteiger partial charge in [0, 0.05) is 24.6 Å². The number of nitriles is 1. The maximum absolute atomic E-state index is 13.8. The Bertz CT molecular complexity index is 1020. The van der Waals surface area contributed by atoms with Crippen molar-refractivity contribution in [2.45, 2.75) is 18.8 Å². The third-order valence-electron chi connectivity index (χ3n) is 4.74. The molecule has 1 aromatic carbocycles. The van der Waals surface area contributed by atoms with Crippen molar-refractivity contribution in [3.05, 3.63) is 46.0 Å². The quantitative estimate of drug-likeness (QED) is 0.607. The van der Waals surface area contributed by atoms with Crippen LogP contribution in [-0.2, 0) is 0 Å². The average Bonchev–Trinajstić information content (AvgIpc) is 3.43. The molecule has 2 N–H and O–H groups in total. The topological polar surface area (TPSA) is 121 Å². The van der Waals surface area contributed by atoms with Gasteiger partial charge in [-0.2, -0.15) is 9.64 Å². The fourth-order valence-corrected chi connectivity index (χ4v) is 3.70. The smallest absolute Gasteiger partial charge is 0.254 e. The van der Waals surface area contributed by atoms with Crippen molar-refractivity contribution in [2.75, 3.05) is 19.6 Å². The van der Waals surface area contributed by atoms with E-state index >= 15 is 0 Å². The third kappa shape index (κ3) is 3.36. The summed E-state index contributed by atoms with van der Waals surface area (Å²) in [6.07, 6.45) is 2.16. The summed E-state index contributed by atoms with van der Waals surface area (Å²) in [7, 11) is 0. The molecule has 0 atom stereocenters. The molecule has 0 unspecified atom stereocenters. The van der Waals surface area contributed by atoms with Crippen LogP contribution in [0, 0.1) is 28.0 Å². The van der Waals surface area contributed by atoms with Crippen LogP contribution in [0.5, 0.6) is 0 Å². The minimum absolute atomic E-state index is 0.0110. The minimum Gasteiger partial charge on any atom is -0.329 e. The largest absolute Gasteiger partial charge is 0.329 e. The van der Waals surface area contributed by atoms with E-state index in [4.69, 9.17) is 16.1 Å². The number of halogens is 1. The fraction of sp³-hybridized carbons (Fsp3) is 0.333. The molecular weight excluding hydrogens is 381 g/mol. The Morgan fingerprint density at radius 3 is 2.79 bits per heavy atom. The number of benzene rings is 1. The zero-order chi connectivity index (χ0) is 19.8. The van der Waals surface area contributed by atoms with Gasteiger partial charge in [0.1, 0.15) is 23.5 Å². The van der Waals surface area contributed by atoms with E-state index in [1.54, 1.807) is 6.07 Å². The summed E-state index contributed by atoms with van der Waals surface area (Å²) in [6.45, 7) is 0.580. The second kappa shape index (κ2) is 7.09. The minimum atomic E-state index is -0.744. The van der Waals surface area contributed by atoms with Crippen LogP contribution in [0.4, 0.5) is 4.39 Å². The van der Waals surface area contributed by atoms with Gasteiger partial charge in [0.15, 0.2) is 10.8 Å². The molecule has 142 valence electrons. The van der Waals surface area contributed by atoms with Gasteiger partial charge in [0.25, 0.3) is 5.91 Å². The Morgan fingerprint density at radius 2 is 2.14 bits per heavy atom. The first-order valence-electron chi connectivity index (χ1n) is 8.74. The number of hydrogen-bond donors (Lipinski definition) is 2. The van der Waals surface area contributed by atoms with E-state index in [9.17, 15) is 9.18 Å². The van der Waals surface area contributed by atoms with Crippen LogP contribution in [0.1, 0.15) is 45.5 Å². The van der Waals surface area contributed by atoms with Gasteiger partial charge in [-0.1, -0.05) is 0 Å². The van der Waals surface area contributed by atoms with Crippen LogP contribution < -0.4 is 0 Å². The van der Waals surface area contributed by atoms with Crippen molar-refractivity contribution in [1.82, 2.24) is 19.2 Å². The first-order chi connectivity index (χ1) is 13.5. The third-order valence-corrected chi connectivity index (χ3v) is 5.48. The second-order valence-corrected chi connectivity index (χ2v) is 7.46. The maximum Gasteiger partial charge on any atom is 0.254 e. The molecule has 1 amide bonds. The number of rotatable bonds is 3. The summed E-state index contributed by atoms with van der Waals surface area (Å²) in [5.41, 5.74) is 0.0104. The molecule has 1 aromatic heterocycles. The molecule has 2 heterocycles. The number of aromatic nitrogens is 2. The van der Waals surface area contributed by atoms with E-state index in [0.717, 1.165) is 36.3 Å². The highest BCUT2D eigenvalue weighted by Crippen LogP contribution is 2.38. The number of carbonyl (C=O) groups excluding carboxylic acids is 1. The lowest BCUT2D eigenvalue weighted by molar-refractivity contribution is 0.0757. The molecule has 0 bridgehead atoms. The predicted molar refractivity (Wildman–Crippen MR) is 100 cm³/mol. The van der Waals surface area contributed by atoms with E-state index < -0.39 is 11.7 Å². The molecule has 1 saturated carbocycles. The van der Waals surface area contributed by atoms with E-state index in [1.807, 2.05) is 0 Å². The summed E-state index contributed by atoms with van der Waals surface area (Å²) in [5.74, 6) is 0.234. The summed E-state index contributed by atoms with van der Waals surface area (Å²) in [6, 6.07) is 5.44. The van der Waals surface area contributed by atoms with Crippen molar-refractivity contribution in [2.24, 2.45) is 0 Å². The molecule has 1 saturated heterocycles. The summed E-state index contributed by atoms with van der Waals surface area (Å²) >= 11 is 1.16. The Hall–Kier alpha value is -3.19. The Balaban J connectivity index is 1.43. The number of piperazine rings is 1. The fourth-order valence-electron chi connectivity index (χ4n) is 3.00. The molecule has 1 aliphatic heterocycles. The second-order valence-electron chi connectivity index (χ2n) is 6.71. The first-order valence-corrected chi connectivity index (χ1v) is 9.51. The van der Waals surface area contributed by atoms with Gasteiger partial charge in [-0.25, -0.2) is 9.37 Å². The number of nitrogens with one attached hydrogen (secondary N) is 2. The van der Waals surface area contributed by atoms with Gasteiger partial charge in [0.2, 0.25) is 0 Å². The van der Waals surface area contributed by atoms with E-state index in [-0.39, 0.29) is 35.9 Å². The molecule has 2 aliphatic rings. The van der Waals surface area contributed by atoms with E-state index in [0.29, 0.717) is 17.5 Å². The predicted octanol–water partition coefficient (Wildman–Crippen LogP) is 2.19. The number of amides is 1. The molecule has 4 rings (SSSR count). The van der Waals surface area contributed by atoms with Gasteiger partial charge < -0.3 is 9.80 Å². The van der Waals surface area contributed by atoms with E-state index in [1.165, 1.54) is 21.9 Å². The molecule has 1 aliphatic carbocycles. The number of hydrogen-bond acceptors (Lipinski definition) is 7. The molecule has 2 fully saturated rings. The summed E-state index contributed by atoms with van der Waals surface area (Å²) in [5, 5.41) is 25.9. The number of carbonyl (C=O) groups is 1. The SMILES string of the molecule is N#Cc1ccc(C(=O)N2CCN(C(=N)c3nc(C4CC4)ns3)C(=N)C2)cc1F. The van der Waals surface area contributed by atoms with Gasteiger partial charge in [-0.05, 0) is 42.6 Å². The summed E-state index contributed by atoms with van der Waals surface area (Å²) < 4.78 is 18.1. The van der Waals surface area contributed by atoms with Crippen molar-refractivity contribution >= 4 is 29.1 Å². The molecular formula is C18H16FN7OS. The van der Waals surface area contributed by atoms with Crippen LogP contribution in [0.3, 0.4) is 0 Å². The molecule has 8 nitrogen and oxygen atoms in total. The zero-order valence-electron chi connectivity index (χ0n) is 14.8. The lowest BCUT2D eigenvalue weighted by Crippen LogP contribution is -2.53.